The Hall–Kier alpha value is -2.16. The van der Waals surface area contributed by atoms with E-state index in [2.05, 4.69) is 4.98 Å². The number of amides is 2. The fraction of sp³-hybridized carbons (Fsp3) is 0.500. The first kappa shape index (κ1) is 26.1. The molecule has 176 valence electrons. The number of hydrogen-bond acceptors (Lipinski definition) is 9. The molecular formula is C18H22N2O9S3. The Morgan fingerprint density at radius 2 is 1.94 bits per heavy atom. The fourth-order valence-corrected chi connectivity index (χ4v) is 5.91. The zero-order valence-electron chi connectivity index (χ0n) is 16.9. The molecule has 0 bridgehead atoms. The first-order chi connectivity index (χ1) is 15.0. The van der Waals surface area contributed by atoms with E-state index in [4.69, 9.17) is 4.55 Å². The predicted octanol–water partition coefficient (Wildman–Crippen LogP) is 1.65. The van der Waals surface area contributed by atoms with E-state index in [1.807, 2.05) is 6.92 Å². The van der Waals surface area contributed by atoms with Gasteiger partial charge in [-0.15, -0.1) is 0 Å². The van der Waals surface area contributed by atoms with Gasteiger partial charge in [-0.3, -0.25) is 23.8 Å². The average Bonchev–Trinajstić information content (AvgIpc) is 3.00. The zero-order chi connectivity index (χ0) is 24.1. The minimum absolute atomic E-state index is 0.278. The van der Waals surface area contributed by atoms with Gasteiger partial charge < -0.3 is 10.2 Å². The molecule has 1 saturated heterocycles. The van der Waals surface area contributed by atoms with Gasteiger partial charge in [0.1, 0.15) is 11.1 Å². The molecule has 3 unspecified atom stereocenters. The molecule has 11 nitrogen and oxygen atoms in total. The van der Waals surface area contributed by atoms with Crippen molar-refractivity contribution in [1.29, 1.82) is 0 Å². The second-order valence-corrected chi connectivity index (χ2v) is 10.9. The van der Waals surface area contributed by atoms with Crippen molar-refractivity contribution < 1.29 is 42.4 Å². The van der Waals surface area contributed by atoms with Crippen LogP contribution in [-0.4, -0.2) is 73.9 Å². The summed E-state index contributed by atoms with van der Waals surface area (Å²) < 4.78 is 31.7. The first-order valence-corrected chi connectivity index (χ1v) is 13.3. The van der Waals surface area contributed by atoms with Gasteiger partial charge in [-0.2, -0.15) is 8.42 Å². The molecule has 0 aromatic carbocycles. The van der Waals surface area contributed by atoms with Crippen molar-refractivity contribution in [1.82, 2.24) is 9.88 Å². The van der Waals surface area contributed by atoms with Crippen molar-refractivity contribution in [3.05, 3.63) is 23.9 Å². The Morgan fingerprint density at radius 3 is 2.47 bits per heavy atom. The lowest BCUT2D eigenvalue weighted by Gasteiger charge is -2.22. The summed E-state index contributed by atoms with van der Waals surface area (Å²) in [5, 5.41) is 17.3. The standard InChI is InChI=1S/C18H22N2O9S3/c1-2-3-5-10(17(23)24)11-6-4-7-14(19-11)31-30-9-12(18(25)26)20-15(21)8-13(16(20)22)32(27,28)29/h4,6-7,10,12-13H,2-3,5,8-9H2,1H3,(H,23,24)(H,25,26)(H,27,28,29). The van der Waals surface area contributed by atoms with Crippen molar-refractivity contribution in [2.24, 2.45) is 0 Å². The van der Waals surface area contributed by atoms with E-state index in [1.54, 1.807) is 18.2 Å². The number of hydrogen-bond donors (Lipinski definition) is 3. The highest BCUT2D eigenvalue weighted by atomic mass is 33.1. The van der Waals surface area contributed by atoms with Gasteiger partial charge in [0.15, 0.2) is 5.25 Å². The van der Waals surface area contributed by atoms with Gasteiger partial charge in [0, 0.05) is 5.75 Å². The number of likely N-dealkylation sites (tertiary alicyclic amines) is 1. The summed E-state index contributed by atoms with van der Waals surface area (Å²) in [6.07, 6.45) is 1.15. The molecule has 1 aliphatic heterocycles. The first-order valence-electron chi connectivity index (χ1n) is 9.51. The molecule has 3 atom stereocenters. The van der Waals surface area contributed by atoms with Crippen LogP contribution in [0.1, 0.15) is 44.2 Å². The number of aliphatic carboxylic acids is 2. The Morgan fingerprint density at radius 1 is 1.25 bits per heavy atom. The SMILES string of the molecule is CCCCC(C(=O)O)c1cccc(SSCC(C(=O)O)N2C(=O)CC(S(=O)(=O)O)C2=O)n1. The number of unbranched alkanes of at least 4 members (excludes halogenated alkanes) is 1. The van der Waals surface area contributed by atoms with Crippen LogP contribution in [0.4, 0.5) is 0 Å². The Labute approximate surface area is 192 Å². The van der Waals surface area contributed by atoms with Crippen molar-refractivity contribution >= 4 is 55.5 Å². The third-order valence-corrected chi connectivity index (χ3v) is 8.04. The highest BCUT2D eigenvalue weighted by Gasteiger charge is 2.50. The van der Waals surface area contributed by atoms with Gasteiger partial charge in [0.05, 0.1) is 18.0 Å². The number of imide groups is 1. The number of rotatable bonds is 12. The van der Waals surface area contributed by atoms with E-state index in [9.17, 15) is 37.8 Å². The monoisotopic (exact) mass is 506 g/mol. The lowest BCUT2D eigenvalue weighted by atomic mass is 9.98. The van der Waals surface area contributed by atoms with Gasteiger partial charge in [0.2, 0.25) is 5.91 Å². The van der Waals surface area contributed by atoms with Gasteiger partial charge in [-0.1, -0.05) is 36.6 Å². The van der Waals surface area contributed by atoms with Crippen LogP contribution in [-0.2, 0) is 29.3 Å². The molecule has 14 heteroatoms. The molecule has 2 rings (SSSR count). The average molecular weight is 507 g/mol. The topological polar surface area (TPSA) is 179 Å². The number of carbonyl (C=O) groups excluding carboxylic acids is 2. The summed E-state index contributed by atoms with van der Waals surface area (Å²) >= 11 is 0. The maximum atomic E-state index is 12.2. The van der Waals surface area contributed by atoms with E-state index in [-0.39, 0.29) is 5.75 Å². The summed E-state index contributed by atoms with van der Waals surface area (Å²) in [5.41, 5.74) is 0.368. The summed E-state index contributed by atoms with van der Waals surface area (Å²) in [7, 11) is -2.85. The molecule has 0 aliphatic carbocycles. The smallest absolute Gasteiger partial charge is 0.327 e. The summed E-state index contributed by atoms with van der Waals surface area (Å²) in [6.45, 7) is 1.95. The molecule has 1 aliphatic rings. The predicted molar refractivity (Wildman–Crippen MR) is 116 cm³/mol. The number of carboxylic acid groups (broad SMARTS) is 2. The van der Waals surface area contributed by atoms with E-state index >= 15 is 0 Å². The molecule has 1 aromatic heterocycles. The second kappa shape index (κ2) is 11.1. The van der Waals surface area contributed by atoms with E-state index in [0.717, 1.165) is 28.0 Å². The lowest BCUT2D eigenvalue weighted by molar-refractivity contribution is -0.153. The third-order valence-electron chi connectivity index (χ3n) is 4.71. The second-order valence-electron chi connectivity index (χ2n) is 6.97. The van der Waals surface area contributed by atoms with Gasteiger partial charge in [-0.05, 0) is 29.3 Å². The maximum absolute atomic E-state index is 12.2. The van der Waals surface area contributed by atoms with Crippen LogP contribution in [0.5, 0.6) is 0 Å². The summed E-state index contributed by atoms with van der Waals surface area (Å²) in [4.78, 5) is 52.2. The van der Waals surface area contributed by atoms with Crippen molar-refractivity contribution in [3.63, 3.8) is 0 Å². The van der Waals surface area contributed by atoms with Crippen molar-refractivity contribution in [2.75, 3.05) is 5.75 Å². The Balaban J connectivity index is 2.09. The number of carboxylic acids is 2. The normalized spacial score (nSPS) is 18.6. The van der Waals surface area contributed by atoms with Crippen molar-refractivity contribution in [3.8, 4) is 0 Å². The molecule has 0 spiro atoms. The van der Waals surface area contributed by atoms with E-state index in [1.165, 1.54) is 0 Å². The minimum Gasteiger partial charge on any atom is -0.481 e. The lowest BCUT2D eigenvalue weighted by Crippen LogP contribution is -2.47. The molecule has 1 aromatic rings. The molecular weight excluding hydrogens is 484 g/mol. The molecule has 0 saturated carbocycles. The number of pyridine rings is 1. The third kappa shape index (κ3) is 6.43. The van der Waals surface area contributed by atoms with E-state index < -0.39 is 57.5 Å². The quantitative estimate of drug-likeness (QED) is 0.212. The van der Waals surface area contributed by atoms with Gasteiger partial charge in [-0.25, -0.2) is 9.78 Å². The zero-order valence-corrected chi connectivity index (χ0v) is 19.4. The van der Waals surface area contributed by atoms with Crippen LogP contribution in [0.15, 0.2) is 23.2 Å². The van der Waals surface area contributed by atoms with Crippen LogP contribution in [0.25, 0.3) is 0 Å². The Bertz CT molecular complexity index is 999. The van der Waals surface area contributed by atoms with Crippen LogP contribution in [0, 0.1) is 0 Å². The van der Waals surface area contributed by atoms with Crippen LogP contribution >= 0.6 is 21.6 Å². The van der Waals surface area contributed by atoms with Crippen LogP contribution < -0.4 is 0 Å². The number of aromatic nitrogens is 1. The number of nitrogens with zero attached hydrogens (tertiary/aromatic N) is 2. The van der Waals surface area contributed by atoms with E-state index in [0.29, 0.717) is 28.5 Å². The van der Waals surface area contributed by atoms with Gasteiger partial charge >= 0.3 is 11.9 Å². The molecule has 2 heterocycles. The molecule has 32 heavy (non-hydrogen) atoms. The Kier molecular flexibility index (Phi) is 9.07. The molecule has 1 fully saturated rings. The highest BCUT2D eigenvalue weighted by molar-refractivity contribution is 8.76. The highest BCUT2D eigenvalue weighted by Crippen LogP contribution is 2.33. The van der Waals surface area contributed by atoms with Gasteiger partial charge in [0.25, 0.3) is 16.0 Å². The van der Waals surface area contributed by atoms with Crippen LogP contribution in [0.2, 0.25) is 0 Å². The fourth-order valence-electron chi connectivity index (χ4n) is 3.07. The largest absolute Gasteiger partial charge is 0.481 e. The van der Waals surface area contributed by atoms with Crippen LogP contribution in [0.3, 0.4) is 0 Å². The molecule has 0 radical (unpaired) electrons. The summed E-state index contributed by atoms with van der Waals surface area (Å²) in [5.74, 6) is -5.84. The maximum Gasteiger partial charge on any atom is 0.327 e. The minimum atomic E-state index is -4.84. The molecule has 3 N–H and O–H groups in total. The number of carbonyl (C=O) groups is 4. The summed E-state index contributed by atoms with van der Waals surface area (Å²) in [6, 6.07) is 3.20. The van der Waals surface area contributed by atoms with Crippen molar-refractivity contribution in [2.45, 2.75) is 54.8 Å². The molecule has 2 amide bonds.